The van der Waals surface area contributed by atoms with E-state index in [1.165, 1.54) is 0 Å². The number of carbonyl (C=O) groups is 1. The van der Waals surface area contributed by atoms with Crippen LogP contribution in [0.5, 0.6) is 0 Å². The third-order valence-electron chi connectivity index (χ3n) is 2.89. The van der Waals surface area contributed by atoms with Gasteiger partial charge in [0.15, 0.2) is 9.84 Å². The second-order valence-electron chi connectivity index (χ2n) is 4.40. The number of aliphatic carboxylic acids is 1. The van der Waals surface area contributed by atoms with Crippen molar-refractivity contribution in [2.45, 2.75) is 17.5 Å². The number of nitrogens with two attached hydrogens (primary N) is 1. The molecular formula is C12H14N2O4S. The molecule has 0 aliphatic heterocycles. The van der Waals surface area contributed by atoms with E-state index in [1.807, 2.05) is 0 Å². The molecule has 0 amide bonds. The number of carboxylic acids is 1. The van der Waals surface area contributed by atoms with Gasteiger partial charge in [0.2, 0.25) is 0 Å². The van der Waals surface area contributed by atoms with Crippen LogP contribution in [0.2, 0.25) is 0 Å². The van der Waals surface area contributed by atoms with E-state index in [9.17, 15) is 13.2 Å². The topological polar surface area (TPSA) is 113 Å². The Hall–Kier alpha value is -1.86. The molecule has 2 aromatic rings. The molecule has 7 heteroatoms. The van der Waals surface area contributed by atoms with Gasteiger partial charge in [-0.25, -0.2) is 8.42 Å². The van der Waals surface area contributed by atoms with Crippen LogP contribution in [0.4, 0.5) is 0 Å². The average molecular weight is 282 g/mol. The molecule has 0 unspecified atom stereocenters. The number of hydrogen-bond donors (Lipinski definition) is 3. The van der Waals surface area contributed by atoms with Crippen molar-refractivity contribution < 1.29 is 18.3 Å². The van der Waals surface area contributed by atoms with Crippen LogP contribution in [-0.2, 0) is 21.1 Å². The minimum Gasteiger partial charge on any atom is -0.480 e. The number of sulfone groups is 1. The van der Waals surface area contributed by atoms with Crippen molar-refractivity contribution in [1.82, 2.24) is 4.98 Å². The molecule has 19 heavy (non-hydrogen) atoms. The summed E-state index contributed by atoms with van der Waals surface area (Å²) in [4.78, 5) is 13.6. The zero-order valence-corrected chi connectivity index (χ0v) is 11.1. The van der Waals surface area contributed by atoms with Gasteiger partial charge in [-0.3, -0.25) is 4.79 Å². The Morgan fingerprint density at radius 3 is 2.63 bits per heavy atom. The molecule has 4 N–H and O–H groups in total. The largest absolute Gasteiger partial charge is 0.480 e. The molecule has 0 saturated heterocycles. The fourth-order valence-electron chi connectivity index (χ4n) is 2.00. The van der Waals surface area contributed by atoms with Gasteiger partial charge in [-0.2, -0.15) is 0 Å². The first-order valence-electron chi connectivity index (χ1n) is 5.58. The van der Waals surface area contributed by atoms with E-state index in [1.54, 1.807) is 24.3 Å². The van der Waals surface area contributed by atoms with Crippen LogP contribution in [0, 0.1) is 0 Å². The summed E-state index contributed by atoms with van der Waals surface area (Å²) in [6, 6.07) is 5.87. The summed E-state index contributed by atoms with van der Waals surface area (Å²) >= 11 is 0. The van der Waals surface area contributed by atoms with Crippen molar-refractivity contribution in [3.05, 3.63) is 29.8 Å². The third-order valence-corrected chi connectivity index (χ3v) is 3.98. The van der Waals surface area contributed by atoms with E-state index < -0.39 is 21.8 Å². The van der Waals surface area contributed by atoms with Gasteiger partial charge in [-0.15, -0.1) is 0 Å². The number of carboxylic acid groups (broad SMARTS) is 1. The van der Waals surface area contributed by atoms with Gasteiger partial charge in [-0.1, -0.05) is 18.2 Å². The normalized spacial score (nSPS) is 13.6. The quantitative estimate of drug-likeness (QED) is 0.756. The second-order valence-corrected chi connectivity index (χ2v) is 6.35. The number of rotatable bonds is 4. The third kappa shape index (κ3) is 2.61. The van der Waals surface area contributed by atoms with Crippen molar-refractivity contribution in [1.29, 1.82) is 0 Å². The molecule has 0 spiro atoms. The van der Waals surface area contributed by atoms with Gasteiger partial charge in [0.05, 0.1) is 0 Å². The number of para-hydroxylation sites is 1. The van der Waals surface area contributed by atoms with Crippen LogP contribution in [0.25, 0.3) is 10.9 Å². The van der Waals surface area contributed by atoms with E-state index in [2.05, 4.69) is 4.98 Å². The summed E-state index contributed by atoms with van der Waals surface area (Å²) < 4.78 is 23.5. The molecular weight excluding hydrogens is 268 g/mol. The summed E-state index contributed by atoms with van der Waals surface area (Å²) in [5, 5.41) is 9.57. The fraction of sp³-hybridized carbons (Fsp3) is 0.250. The summed E-state index contributed by atoms with van der Waals surface area (Å²) in [7, 11) is -3.47. The molecule has 2 rings (SSSR count). The monoisotopic (exact) mass is 282 g/mol. The number of aromatic nitrogens is 1. The number of aromatic amines is 1. The molecule has 1 atom stereocenters. The second kappa shape index (κ2) is 4.67. The highest BCUT2D eigenvalue weighted by molar-refractivity contribution is 7.90. The van der Waals surface area contributed by atoms with Crippen LogP contribution < -0.4 is 5.73 Å². The number of fused-ring (bicyclic) bond motifs is 1. The van der Waals surface area contributed by atoms with Crippen molar-refractivity contribution in [2.24, 2.45) is 5.73 Å². The molecule has 1 aromatic carbocycles. The van der Waals surface area contributed by atoms with Gasteiger partial charge in [0.25, 0.3) is 0 Å². The first-order chi connectivity index (χ1) is 8.80. The lowest BCUT2D eigenvalue weighted by Crippen LogP contribution is -2.32. The van der Waals surface area contributed by atoms with Gasteiger partial charge in [0, 0.05) is 23.6 Å². The van der Waals surface area contributed by atoms with Gasteiger partial charge >= 0.3 is 5.97 Å². The Morgan fingerprint density at radius 1 is 1.42 bits per heavy atom. The Labute approximate surface area is 110 Å². The Balaban J connectivity index is 2.65. The number of H-pyrrole nitrogens is 1. The molecule has 1 aromatic heterocycles. The van der Waals surface area contributed by atoms with Crippen molar-refractivity contribution in [2.75, 3.05) is 6.26 Å². The maximum atomic E-state index is 11.8. The highest BCUT2D eigenvalue weighted by Crippen LogP contribution is 2.26. The van der Waals surface area contributed by atoms with Crippen molar-refractivity contribution in [3.8, 4) is 0 Å². The minimum atomic E-state index is -3.47. The van der Waals surface area contributed by atoms with Crippen LogP contribution >= 0.6 is 0 Å². The fourth-order valence-corrected chi connectivity index (χ4v) is 2.94. The first kappa shape index (κ1) is 13.6. The summed E-state index contributed by atoms with van der Waals surface area (Å²) in [5.41, 5.74) is 6.58. The predicted molar refractivity (Wildman–Crippen MR) is 70.7 cm³/mol. The highest BCUT2D eigenvalue weighted by Gasteiger charge is 2.23. The SMILES string of the molecule is CS(=O)(=O)c1[nH]c2ccccc2c1C[C@H](N)C(=O)O. The van der Waals surface area contributed by atoms with Crippen LogP contribution in [0.3, 0.4) is 0 Å². The lowest BCUT2D eigenvalue weighted by atomic mass is 10.1. The summed E-state index contributed by atoms with van der Waals surface area (Å²) in [6.07, 6.45) is 1.04. The van der Waals surface area contributed by atoms with Crippen molar-refractivity contribution >= 4 is 26.7 Å². The zero-order valence-electron chi connectivity index (χ0n) is 10.3. The predicted octanol–water partition coefficient (Wildman–Crippen LogP) is 0.526. The van der Waals surface area contributed by atoms with E-state index in [0.717, 1.165) is 6.26 Å². The standard InChI is InChI=1S/C12H14N2O4S/c1-19(17,18)11-8(6-9(13)12(15)16)7-4-2-3-5-10(7)14-11/h2-5,9,14H,6,13H2,1H3,(H,15,16)/t9-/m0/s1. The molecule has 0 aliphatic carbocycles. The van der Waals surface area contributed by atoms with Crippen LogP contribution in [-0.4, -0.2) is 36.8 Å². The Kier molecular flexibility index (Phi) is 3.34. The summed E-state index contributed by atoms with van der Waals surface area (Å²) in [5.74, 6) is -1.16. The lowest BCUT2D eigenvalue weighted by molar-refractivity contribution is -0.138. The Bertz CT molecular complexity index is 733. The molecule has 0 saturated carbocycles. The van der Waals surface area contributed by atoms with Crippen LogP contribution in [0.1, 0.15) is 5.56 Å². The van der Waals surface area contributed by atoms with Gasteiger partial charge in [-0.05, 0) is 11.6 Å². The highest BCUT2D eigenvalue weighted by atomic mass is 32.2. The smallest absolute Gasteiger partial charge is 0.320 e. The Morgan fingerprint density at radius 2 is 2.05 bits per heavy atom. The zero-order chi connectivity index (χ0) is 14.2. The van der Waals surface area contributed by atoms with E-state index in [4.69, 9.17) is 10.8 Å². The summed E-state index contributed by atoms with van der Waals surface area (Å²) in [6.45, 7) is 0. The molecule has 6 nitrogen and oxygen atoms in total. The molecule has 0 fully saturated rings. The molecule has 0 radical (unpaired) electrons. The number of hydrogen-bond acceptors (Lipinski definition) is 4. The van der Waals surface area contributed by atoms with E-state index >= 15 is 0 Å². The van der Waals surface area contributed by atoms with Crippen molar-refractivity contribution in [3.63, 3.8) is 0 Å². The molecule has 0 bridgehead atoms. The molecule has 0 aliphatic rings. The van der Waals surface area contributed by atoms with Crippen LogP contribution in [0.15, 0.2) is 29.3 Å². The number of nitrogens with one attached hydrogen (secondary N) is 1. The van der Waals surface area contributed by atoms with E-state index in [-0.39, 0.29) is 11.4 Å². The van der Waals surface area contributed by atoms with Gasteiger partial charge in [0.1, 0.15) is 11.1 Å². The maximum absolute atomic E-state index is 11.8. The van der Waals surface area contributed by atoms with E-state index in [0.29, 0.717) is 16.5 Å². The number of benzene rings is 1. The average Bonchev–Trinajstić information content (AvgIpc) is 2.68. The maximum Gasteiger partial charge on any atom is 0.320 e. The van der Waals surface area contributed by atoms with Gasteiger partial charge < -0.3 is 15.8 Å². The lowest BCUT2D eigenvalue weighted by Gasteiger charge is -2.07. The molecule has 1 heterocycles. The minimum absolute atomic E-state index is 0.0328. The first-order valence-corrected chi connectivity index (χ1v) is 7.48. The molecule has 102 valence electrons.